The average molecular weight is 479 g/mol. The number of carbonyl (C=O) groups excluding carboxylic acids is 2. The van der Waals surface area contributed by atoms with Gasteiger partial charge in [-0.1, -0.05) is 17.7 Å². The lowest BCUT2D eigenvalue weighted by molar-refractivity contribution is -0.131. The zero-order valence-corrected chi connectivity index (χ0v) is 19.5. The maximum Gasteiger partial charge on any atom is 0.274 e. The predicted molar refractivity (Wildman–Crippen MR) is 128 cm³/mol. The van der Waals surface area contributed by atoms with Gasteiger partial charge in [0.15, 0.2) is 11.4 Å². The number of halogens is 1. The highest BCUT2D eigenvalue weighted by Gasteiger charge is 2.26. The van der Waals surface area contributed by atoms with Crippen molar-refractivity contribution in [2.45, 2.75) is 26.4 Å². The van der Waals surface area contributed by atoms with Crippen molar-refractivity contribution < 1.29 is 14.7 Å². The second-order valence-corrected chi connectivity index (χ2v) is 8.57. The first kappa shape index (κ1) is 23.3. The lowest BCUT2D eigenvalue weighted by Crippen LogP contribution is -2.53. The number of fused-ring (bicyclic) bond motifs is 1. The molecule has 0 radical (unpaired) electrons. The van der Waals surface area contributed by atoms with E-state index in [4.69, 9.17) is 16.9 Å². The number of nitrogens with zero attached hydrogens (tertiary/aromatic N) is 5. The van der Waals surface area contributed by atoms with Crippen LogP contribution in [0.1, 0.15) is 35.5 Å². The Balaban J connectivity index is 1.50. The van der Waals surface area contributed by atoms with Crippen LogP contribution < -0.4 is 10.2 Å². The fourth-order valence-electron chi connectivity index (χ4n) is 4.07. The normalized spacial score (nSPS) is 15.8. The van der Waals surface area contributed by atoms with Gasteiger partial charge in [0.05, 0.1) is 23.3 Å². The predicted octanol–water partition coefficient (Wildman–Crippen LogP) is 2.85. The number of anilines is 1. The Morgan fingerprint density at radius 1 is 1.29 bits per heavy atom. The highest BCUT2D eigenvalue weighted by molar-refractivity contribution is 6.31. The van der Waals surface area contributed by atoms with E-state index in [1.54, 1.807) is 31.2 Å². The van der Waals surface area contributed by atoms with Crippen LogP contribution in [0.25, 0.3) is 10.9 Å². The van der Waals surface area contributed by atoms with Crippen LogP contribution in [0.5, 0.6) is 5.75 Å². The first-order valence-electron chi connectivity index (χ1n) is 10.8. The lowest BCUT2D eigenvalue weighted by Gasteiger charge is -2.40. The van der Waals surface area contributed by atoms with Crippen LogP contribution in [-0.4, -0.2) is 57.5 Å². The van der Waals surface area contributed by atoms with E-state index >= 15 is 0 Å². The zero-order valence-electron chi connectivity index (χ0n) is 18.7. The van der Waals surface area contributed by atoms with Crippen LogP contribution >= 0.6 is 11.6 Å². The molecule has 0 unspecified atom stereocenters. The van der Waals surface area contributed by atoms with E-state index in [0.29, 0.717) is 46.7 Å². The van der Waals surface area contributed by atoms with E-state index < -0.39 is 5.91 Å². The number of pyridine rings is 2. The van der Waals surface area contributed by atoms with Gasteiger partial charge in [0.25, 0.3) is 5.91 Å². The van der Waals surface area contributed by atoms with Gasteiger partial charge in [0.2, 0.25) is 5.91 Å². The van der Waals surface area contributed by atoms with Gasteiger partial charge < -0.3 is 20.2 Å². The fraction of sp³-hybridized carbons (Fsp3) is 0.292. The molecule has 2 amide bonds. The quantitative estimate of drug-likeness (QED) is 0.591. The third-order valence-electron chi connectivity index (χ3n) is 5.90. The van der Waals surface area contributed by atoms with Crippen molar-refractivity contribution in [3.05, 3.63) is 58.4 Å². The third-order valence-corrected chi connectivity index (χ3v) is 6.25. The molecule has 3 aromatic rings. The van der Waals surface area contributed by atoms with Crippen molar-refractivity contribution in [1.82, 2.24) is 20.2 Å². The number of piperazine rings is 1. The van der Waals surface area contributed by atoms with Gasteiger partial charge in [0, 0.05) is 49.6 Å². The van der Waals surface area contributed by atoms with Gasteiger partial charge in [-0.15, -0.1) is 0 Å². The molecule has 174 valence electrons. The zero-order chi connectivity index (χ0) is 24.4. The highest BCUT2D eigenvalue weighted by Crippen LogP contribution is 2.29. The van der Waals surface area contributed by atoms with Crippen molar-refractivity contribution in [2.24, 2.45) is 0 Å². The van der Waals surface area contributed by atoms with Crippen LogP contribution in [0.4, 0.5) is 5.82 Å². The molecule has 1 fully saturated rings. The second kappa shape index (κ2) is 9.53. The molecule has 0 bridgehead atoms. The van der Waals surface area contributed by atoms with Crippen molar-refractivity contribution in [2.75, 3.05) is 24.5 Å². The minimum absolute atomic E-state index is 0.0556. The molecule has 1 saturated heterocycles. The van der Waals surface area contributed by atoms with Crippen LogP contribution in [0.3, 0.4) is 0 Å². The lowest BCUT2D eigenvalue weighted by atomic mass is 10.1. The van der Waals surface area contributed by atoms with Gasteiger partial charge in [-0.2, -0.15) is 5.26 Å². The van der Waals surface area contributed by atoms with E-state index in [1.165, 1.54) is 12.3 Å². The molecule has 10 heteroatoms. The molecule has 34 heavy (non-hydrogen) atoms. The number of rotatable bonds is 4. The van der Waals surface area contributed by atoms with E-state index in [1.807, 2.05) is 17.9 Å². The molecule has 0 spiro atoms. The van der Waals surface area contributed by atoms with Gasteiger partial charge in [-0.25, -0.2) is 9.97 Å². The van der Waals surface area contributed by atoms with Crippen molar-refractivity contribution in [3.63, 3.8) is 0 Å². The number of nitriles is 1. The number of benzene rings is 1. The Hall–Kier alpha value is -3.90. The fourth-order valence-corrected chi connectivity index (χ4v) is 4.32. The smallest absolute Gasteiger partial charge is 0.274 e. The summed E-state index contributed by atoms with van der Waals surface area (Å²) in [7, 11) is 0. The standard InChI is InChI=1S/C24H23ClN6O3/c1-14-13-30(7-8-31(14)15(2)32)21-6-5-18-20(29-21)12-27-22(23(18)33)24(34)28-11-17-4-3-16(10-26)9-19(17)25/h3-6,9,12,14,33H,7-8,11,13H2,1-2H3,(H,28,34)/t14-/m0/s1. The molecule has 9 nitrogen and oxygen atoms in total. The van der Waals surface area contributed by atoms with Crippen LogP contribution in [0.15, 0.2) is 36.5 Å². The molecule has 1 aromatic carbocycles. The summed E-state index contributed by atoms with van der Waals surface area (Å²) in [5.41, 5.74) is 1.41. The SMILES string of the molecule is CC(=O)N1CCN(c2ccc3c(O)c(C(=O)NCc4ccc(C#N)cc4Cl)ncc3n2)C[C@@H]1C. The number of aromatic hydroxyl groups is 1. The summed E-state index contributed by atoms with van der Waals surface area (Å²) < 4.78 is 0. The Labute approximate surface area is 201 Å². The molecule has 2 N–H and O–H groups in total. The van der Waals surface area contributed by atoms with Crippen LogP contribution in [-0.2, 0) is 11.3 Å². The van der Waals surface area contributed by atoms with Crippen molar-refractivity contribution in [3.8, 4) is 11.8 Å². The van der Waals surface area contributed by atoms with Crippen molar-refractivity contribution >= 4 is 40.1 Å². The molecule has 4 rings (SSSR count). The molecular weight excluding hydrogens is 456 g/mol. The summed E-state index contributed by atoms with van der Waals surface area (Å²) in [6, 6.07) is 10.4. The van der Waals surface area contributed by atoms with E-state index in [0.717, 1.165) is 5.82 Å². The summed E-state index contributed by atoms with van der Waals surface area (Å²) in [6.45, 7) is 5.60. The Morgan fingerprint density at radius 2 is 2.09 bits per heavy atom. The third kappa shape index (κ3) is 4.58. The summed E-state index contributed by atoms with van der Waals surface area (Å²) in [5, 5.41) is 23.1. The number of carbonyl (C=O) groups is 2. The monoisotopic (exact) mass is 478 g/mol. The minimum atomic E-state index is -0.557. The highest BCUT2D eigenvalue weighted by atomic mass is 35.5. The topological polar surface area (TPSA) is 122 Å². The van der Waals surface area contributed by atoms with Gasteiger partial charge in [-0.05, 0) is 36.8 Å². The molecular formula is C24H23ClN6O3. The summed E-state index contributed by atoms with van der Waals surface area (Å²) in [6.07, 6.45) is 1.46. The number of hydrogen-bond acceptors (Lipinski definition) is 7. The number of amides is 2. The molecule has 0 aliphatic carbocycles. The number of nitrogens with one attached hydrogen (secondary N) is 1. The Bertz CT molecular complexity index is 1320. The van der Waals surface area contributed by atoms with E-state index in [9.17, 15) is 14.7 Å². The molecule has 0 saturated carbocycles. The van der Waals surface area contributed by atoms with Crippen LogP contribution in [0.2, 0.25) is 5.02 Å². The number of aromatic nitrogens is 2. The van der Waals surface area contributed by atoms with Gasteiger partial charge in [-0.3, -0.25) is 9.59 Å². The molecule has 1 aliphatic rings. The maximum atomic E-state index is 12.7. The molecule has 1 atom stereocenters. The summed E-state index contributed by atoms with van der Waals surface area (Å²) in [5.74, 6) is -0.0377. The van der Waals surface area contributed by atoms with Crippen molar-refractivity contribution in [1.29, 1.82) is 5.26 Å². The number of hydrogen-bond donors (Lipinski definition) is 2. The summed E-state index contributed by atoms with van der Waals surface area (Å²) in [4.78, 5) is 37.1. The molecule has 2 aromatic heterocycles. The van der Waals surface area contributed by atoms with Crippen LogP contribution in [0, 0.1) is 11.3 Å². The Kier molecular flexibility index (Phi) is 6.52. The van der Waals surface area contributed by atoms with E-state index in [2.05, 4.69) is 20.2 Å². The minimum Gasteiger partial charge on any atom is -0.505 e. The maximum absolute atomic E-state index is 12.7. The first-order chi connectivity index (χ1) is 16.3. The van der Waals surface area contributed by atoms with Gasteiger partial charge >= 0.3 is 0 Å². The average Bonchev–Trinajstić information content (AvgIpc) is 2.82. The van der Waals surface area contributed by atoms with E-state index in [-0.39, 0.29) is 29.9 Å². The second-order valence-electron chi connectivity index (χ2n) is 8.17. The summed E-state index contributed by atoms with van der Waals surface area (Å²) >= 11 is 6.16. The molecule has 3 heterocycles. The largest absolute Gasteiger partial charge is 0.505 e. The first-order valence-corrected chi connectivity index (χ1v) is 11.1. The Morgan fingerprint density at radius 3 is 2.76 bits per heavy atom. The molecule has 1 aliphatic heterocycles. The van der Waals surface area contributed by atoms with Gasteiger partial charge in [0.1, 0.15) is 5.82 Å².